The lowest BCUT2D eigenvalue weighted by Gasteiger charge is -2.27. The van der Waals surface area contributed by atoms with Gasteiger partial charge in [-0.1, -0.05) is 6.07 Å². The summed E-state index contributed by atoms with van der Waals surface area (Å²) in [5, 5.41) is 5.50. The molecule has 0 aromatic heterocycles. The molecule has 1 aromatic carbocycles. The summed E-state index contributed by atoms with van der Waals surface area (Å²) in [6.45, 7) is 3.05. The van der Waals surface area contributed by atoms with Crippen molar-refractivity contribution in [2.75, 3.05) is 26.3 Å². The minimum Gasteiger partial charge on any atom is -0.493 e. The lowest BCUT2D eigenvalue weighted by atomic mass is 10.0. The smallest absolute Gasteiger partial charge is 0.266 e. The third kappa shape index (κ3) is 5.11. The van der Waals surface area contributed by atoms with Crippen LogP contribution in [-0.4, -0.2) is 67.0 Å². The zero-order valence-corrected chi connectivity index (χ0v) is 18.6. The van der Waals surface area contributed by atoms with Crippen molar-refractivity contribution in [3.8, 4) is 5.75 Å². The summed E-state index contributed by atoms with van der Waals surface area (Å²) in [6.07, 6.45) is 4.21. The van der Waals surface area contributed by atoms with Crippen molar-refractivity contribution in [2.45, 2.75) is 50.7 Å². The summed E-state index contributed by atoms with van der Waals surface area (Å²) in [4.78, 5) is 50.3. The van der Waals surface area contributed by atoms with Crippen LogP contribution in [0.4, 0.5) is 0 Å². The van der Waals surface area contributed by atoms with Gasteiger partial charge in [-0.05, 0) is 57.3 Å². The second-order valence-corrected chi connectivity index (χ2v) is 8.00. The van der Waals surface area contributed by atoms with Crippen LogP contribution in [0.2, 0.25) is 0 Å². The van der Waals surface area contributed by atoms with E-state index in [2.05, 4.69) is 10.6 Å². The van der Waals surface area contributed by atoms with Crippen molar-refractivity contribution in [1.29, 1.82) is 0 Å². The molecule has 174 valence electrons. The molecule has 1 atom stereocenters. The molecule has 32 heavy (non-hydrogen) atoms. The summed E-state index contributed by atoms with van der Waals surface area (Å²) >= 11 is 0. The lowest BCUT2D eigenvalue weighted by Crippen LogP contribution is -2.54. The fraction of sp³-hybridized carbons (Fsp3) is 0.545. The van der Waals surface area contributed by atoms with Gasteiger partial charge in [-0.3, -0.25) is 29.4 Å². The van der Waals surface area contributed by atoms with Crippen molar-refractivity contribution in [2.24, 2.45) is 0 Å². The number of carbonyl (C=O) groups is 4. The molecular weight excluding hydrogens is 438 g/mol. The van der Waals surface area contributed by atoms with Gasteiger partial charge in [0.2, 0.25) is 11.8 Å². The highest BCUT2D eigenvalue weighted by Gasteiger charge is 2.45. The van der Waals surface area contributed by atoms with Crippen molar-refractivity contribution in [1.82, 2.24) is 15.5 Å². The summed E-state index contributed by atoms with van der Waals surface area (Å²) in [5.41, 5.74) is 0.407. The van der Waals surface area contributed by atoms with Crippen molar-refractivity contribution in [3.05, 3.63) is 29.3 Å². The van der Waals surface area contributed by atoms with E-state index in [1.165, 1.54) is 0 Å². The van der Waals surface area contributed by atoms with Crippen LogP contribution in [0, 0.1) is 0 Å². The van der Waals surface area contributed by atoms with Crippen molar-refractivity contribution in [3.63, 3.8) is 0 Å². The number of ether oxygens (including phenoxy) is 2. The van der Waals surface area contributed by atoms with E-state index in [1.807, 2.05) is 0 Å². The van der Waals surface area contributed by atoms with Crippen LogP contribution in [0.15, 0.2) is 18.2 Å². The van der Waals surface area contributed by atoms with Crippen molar-refractivity contribution >= 4 is 36.0 Å². The van der Waals surface area contributed by atoms with E-state index in [0.717, 1.165) is 43.7 Å². The molecule has 3 aliphatic heterocycles. The van der Waals surface area contributed by atoms with E-state index < -0.39 is 29.7 Å². The van der Waals surface area contributed by atoms with Gasteiger partial charge in [-0.25, -0.2) is 0 Å². The van der Waals surface area contributed by atoms with Crippen LogP contribution in [0.3, 0.4) is 0 Å². The molecule has 4 rings (SSSR count). The molecule has 2 N–H and O–H groups in total. The molecule has 0 bridgehead atoms. The van der Waals surface area contributed by atoms with Crippen molar-refractivity contribution < 1.29 is 28.7 Å². The minimum atomic E-state index is -0.981. The number of hydrogen-bond acceptors (Lipinski definition) is 7. The highest BCUT2D eigenvalue weighted by molar-refractivity contribution is 6.24. The van der Waals surface area contributed by atoms with Gasteiger partial charge in [0.1, 0.15) is 11.8 Å². The monoisotopic (exact) mass is 465 g/mol. The number of unbranched alkanes of at least 4 members (excludes halogenated alkanes) is 1. The molecule has 2 saturated heterocycles. The van der Waals surface area contributed by atoms with Crippen LogP contribution in [0.1, 0.15) is 59.2 Å². The molecule has 3 aliphatic rings. The molecule has 9 nitrogen and oxygen atoms in total. The highest BCUT2D eigenvalue weighted by atomic mass is 35.5. The Balaban J connectivity index is 0.00000289. The molecule has 0 spiro atoms. The molecule has 0 saturated carbocycles. The van der Waals surface area contributed by atoms with Crippen LogP contribution in [-0.2, 0) is 14.3 Å². The molecular formula is C22H28ClN3O6. The highest BCUT2D eigenvalue weighted by Crippen LogP contribution is 2.33. The molecule has 1 aromatic rings. The number of halogens is 1. The van der Waals surface area contributed by atoms with Gasteiger partial charge in [0.05, 0.1) is 23.8 Å². The molecule has 2 fully saturated rings. The largest absolute Gasteiger partial charge is 0.493 e. The SMILES string of the molecule is Cl.O=C1CCC(N2C(=O)c3cccc(OCCCCOC4CCNCC4)c3C2=O)C(=O)N1. The van der Waals surface area contributed by atoms with E-state index in [9.17, 15) is 19.2 Å². The van der Waals surface area contributed by atoms with E-state index in [1.54, 1.807) is 18.2 Å². The Morgan fingerprint density at radius 1 is 0.969 bits per heavy atom. The maximum absolute atomic E-state index is 13.0. The Hall–Kier alpha value is -2.49. The fourth-order valence-electron chi connectivity index (χ4n) is 4.20. The van der Waals surface area contributed by atoms with Gasteiger partial charge >= 0.3 is 0 Å². The Labute approximate surface area is 192 Å². The number of imide groups is 2. The molecule has 0 radical (unpaired) electrons. The topological polar surface area (TPSA) is 114 Å². The van der Waals surface area contributed by atoms with Gasteiger partial charge in [0.15, 0.2) is 0 Å². The fourth-order valence-corrected chi connectivity index (χ4v) is 4.20. The lowest BCUT2D eigenvalue weighted by molar-refractivity contribution is -0.136. The number of carbonyl (C=O) groups excluding carboxylic acids is 4. The Morgan fingerprint density at radius 2 is 1.72 bits per heavy atom. The Kier molecular flexibility index (Phi) is 8.22. The molecule has 1 unspecified atom stereocenters. The first-order valence-electron chi connectivity index (χ1n) is 10.9. The number of benzene rings is 1. The number of hydrogen-bond donors (Lipinski definition) is 2. The van der Waals surface area contributed by atoms with Crippen LogP contribution >= 0.6 is 12.4 Å². The normalized spacial score (nSPS) is 21.2. The number of nitrogens with one attached hydrogen (secondary N) is 2. The third-order valence-corrected chi connectivity index (χ3v) is 5.87. The number of nitrogens with zero attached hydrogens (tertiary/aromatic N) is 1. The average Bonchev–Trinajstić information content (AvgIpc) is 3.02. The molecule has 0 aliphatic carbocycles. The van der Waals surface area contributed by atoms with Crippen LogP contribution < -0.4 is 15.4 Å². The number of rotatable bonds is 8. The second kappa shape index (κ2) is 10.9. The Morgan fingerprint density at radius 3 is 2.47 bits per heavy atom. The zero-order valence-electron chi connectivity index (χ0n) is 17.8. The predicted octanol–water partition coefficient (Wildman–Crippen LogP) is 1.44. The van der Waals surface area contributed by atoms with Gasteiger partial charge < -0.3 is 14.8 Å². The van der Waals surface area contributed by atoms with Gasteiger partial charge in [-0.2, -0.15) is 0 Å². The minimum absolute atomic E-state index is 0. The third-order valence-electron chi connectivity index (χ3n) is 5.87. The first-order chi connectivity index (χ1) is 15.1. The van der Waals surface area contributed by atoms with Crippen LogP contribution in [0.5, 0.6) is 5.75 Å². The first-order valence-corrected chi connectivity index (χ1v) is 10.9. The maximum Gasteiger partial charge on any atom is 0.266 e. The summed E-state index contributed by atoms with van der Waals surface area (Å²) in [7, 11) is 0. The van der Waals surface area contributed by atoms with E-state index >= 15 is 0 Å². The average molecular weight is 466 g/mol. The zero-order chi connectivity index (χ0) is 21.8. The van der Waals surface area contributed by atoms with E-state index in [-0.39, 0.29) is 36.4 Å². The summed E-state index contributed by atoms with van der Waals surface area (Å²) in [5.74, 6) is -1.77. The maximum atomic E-state index is 13.0. The van der Waals surface area contributed by atoms with E-state index in [4.69, 9.17) is 9.47 Å². The second-order valence-electron chi connectivity index (χ2n) is 8.00. The molecule has 4 amide bonds. The van der Waals surface area contributed by atoms with Gasteiger partial charge in [-0.15, -0.1) is 12.4 Å². The first kappa shape index (κ1) is 24.2. The molecule has 10 heteroatoms. The summed E-state index contributed by atoms with van der Waals surface area (Å²) < 4.78 is 11.7. The Bertz CT molecular complexity index is 886. The quantitative estimate of drug-likeness (QED) is 0.441. The molecule has 3 heterocycles. The summed E-state index contributed by atoms with van der Waals surface area (Å²) in [6, 6.07) is 3.89. The van der Waals surface area contributed by atoms with E-state index in [0.29, 0.717) is 25.1 Å². The van der Waals surface area contributed by atoms with Gasteiger partial charge in [0, 0.05) is 13.0 Å². The standard InChI is InChI=1S/C22H27N3O6.ClH/c26-18-7-6-16(20(27)24-18)25-21(28)15-4-3-5-17(19(15)22(25)29)31-13-2-1-12-30-14-8-10-23-11-9-14;/h3-5,14,16,23H,1-2,6-13H2,(H,24,26,27);1H. The van der Waals surface area contributed by atoms with Crippen LogP contribution in [0.25, 0.3) is 0 Å². The number of amides is 4. The number of piperidine rings is 2. The number of fused-ring (bicyclic) bond motifs is 1. The predicted molar refractivity (Wildman–Crippen MR) is 117 cm³/mol. The van der Waals surface area contributed by atoms with Gasteiger partial charge in [0.25, 0.3) is 11.8 Å².